The minimum atomic E-state index is 0.331. The van der Waals surface area contributed by atoms with Crippen molar-refractivity contribution in [3.63, 3.8) is 0 Å². The van der Waals surface area contributed by atoms with Crippen LogP contribution in [-0.4, -0.2) is 57.2 Å². The molecule has 7 heteroatoms. The van der Waals surface area contributed by atoms with Crippen molar-refractivity contribution < 1.29 is 9.26 Å². The Morgan fingerprint density at radius 1 is 1.15 bits per heavy atom. The van der Waals surface area contributed by atoms with Gasteiger partial charge in [-0.2, -0.15) is 14.8 Å². The lowest BCUT2D eigenvalue weighted by molar-refractivity contribution is 0.117. The first-order valence-corrected chi connectivity index (χ1v) is 9.96. The molecule has 3 aromatic rings. The molecule has 0 bridgehead atoms. The van der Waals surface area contributed by atoms with Crippen LogP contribution in [0.25, 0.3) is 16.9 Å². The van der Waals surface area contributed by atoms with E-state index in [0.29, 0.717) is 17.9 Å². The van der Waals surface area contributed by atoms with Crippen molar-refractivity contribution in [2.45, 2.75) is 44.6 Å². The molecule has 1 unspecified atom stereocenters. The Bertz CT molecular complexity index is 919. The molecule has 2 aromatic heterocycles. The fourth-order valence-electron chi connectivity index (χ4n) is 4.34. The number of aryl methyl sites for hydroxylation is 1. The summed E-state index contributed by atoms with van der Waals surface area (Å²) in [6.45, 7) is 6.03. The van der Waals surface area contributed by atoms with Crippen LogP contribution in [0, 0.1) is 0 Å². The van der Waals surface area contributed by atoms with Crippen LogP contribution in [0.4, 0.5) is 0 Å². The van der Waals surface area contributed by atoms with Crippen molar-refractivity contribution in [1.29, 1.82) is 0 Å². The average molecular weight is 367 g/mol. The predicted octanol–water partition coefficient (Wildman–Crippen LogP) is 2.94. The average Bonchev–Trinajstić information content (AvgIpc) is 3.47. The van der Waals surface area contributed by atoms with Crippen molar-refractivity contribution in [3.05, 3.63) is 35.9 Å². The molecule has 2 aliphatic heterocycles. The Labute approximate surface area is 158 Å². The standard InChI is InChI=1S/C20H25N5O2/c1-2-17-16-5-3-4-6-18(16)25(22-17)20-21-19(27-23-20)14-7-10-24(11-8-14)15-9-12-26-13-15/h3-6,14-15H,2,7-13H2,1H3. The fourth-order valence-corrected chi connectivity index (χ4v) is 4.34. The first-order valence-electron chi connectivity index (χ1n) is 9.96. The van der Waals surface area contributed by atoms with Gasteiger partial charge in [-0.1, -0.05) is 25.1 Å². The van der Waals surface area contributed by atoms with Crippen molar-refractivity contribution >= 4 is 10.9 Å². The number of ether oxygens (including phenoxy) is 1. The molecule has 142 valence electrons. The molecule has 0 spiro atoms. The van der Waals surface area contributed by atoms with Gasteiger partial charge in [0.2, 0.25) is 5.89 Å². The SMILES string of the molecule is CCc1nn(-c2noc(C3CCN(C4CCOC4)CC3)n2)c2ccccc12. The number of likely N-dealkylation sites (tertiary alicyclic amines) is 1. The summed E-state index contributed by atoms with van der Waals surface area (Å²) in [6.07, 6.45) is 4.14. The van der Waals surface area contributed by atoms with E-state index >= 15 is 0 Å². The highest BCUT2D eigenvalue weighted by Gasteiger charge is 2.30. The number of benzene rings is 1. The van der Waals surface area contributed by atoms with E-state index in [2.05, 4.69) is 29.1 Å². The van der Waals surface area contributed by atoms with E-state index in [1.807, 2.05) is 16.8 Å². The number of nitrogens with zero attached hydrogens (tertiary/aromatic N) is 5. The summed E-state index contributed by atoms with van der Waals surface area (Å²) in [5.74, 6) is 1.61. The van der Waals surface area contributed by atoms with Gasteiger partial charge in [-0.25, -0.2) is 0 Å². The maximum atomic E-state index is 5.65. The lowest BCUT2D eigenvalue weighted by Gasteiger charge is -2.34. The van der Waals surface area contributed by atoms with Crippen LogP contribution in [0.1, 0.15) is 43.7 Å². The normalized spacial score (nSPS) is 22.0. The Kier molecular flexibility index (Phi) is 4.41. The molecule has 2 saturated heterocycles. The second-order valence-corrected chi connectivity index (χ2v) is 7.49. The van der Waals surface area contributed by atoms with Crippen molar-refractivity contribution in [1.82, 2.24) is 24.8 Å². The van der Waals surface area contributed by atoms with Crippen LogP contribution in [0.15, 0.2) is 28.8 Å². The summed E-state index contributed by atoms with van der Waals surface area (Å²) in [7, 11) is 0. The van der Waals surface area contributed by atoms with E-state index in [4.69, 9.17) is 19.3 Å². The van der Waals surface area contributed by atoms with Crippen LogP contribution >= 0.6 is 0 Å². The molecule has 0 aliphatic carbocycles. The maximum Gasteiger partial charge on any atom is 0.291 e. The molecule has 2 aliphatic rings. The Morgan fingerprint density at radius 3 is 2.78 bits per heavy atom. The third-order valence-corrected chi connectivity index (χ3v) is 5.92. The van der Waals surface area contributed by atoms with Crippen LogP contribution in [0.5, 0.6) is 0 Å². The van der Waals surface area contributed by atoms with Gasteiger partial charge >= 0.3 is 0 Å². The molecule has 4 heterocycles. The molecule has 0 amide bonds. The maximum absolute atomic E-state index is 5.65. The quantitative estimate of drug-likeness (QED) is 0.706. The van der Waals surface area contributed by atoms with E-state index in [1.165, 1.54) is 0 Å². The highest BCUT2D eigenvalue weighted by molar-refractivity contribution is 5.83. The fraction of sp³-hybridized carbons (Fsp3) is 0.550. The first-order chi connectivity index (χ1) is 13.3. The van der Waals surface area contributed by atoms with Crippen LogP contribution in [0.2, 0.25) is 0 Å². The van der Waals surface area contributed by atoms with E-state index < -0.39 is 0 Å². The molecule has 0 N–H and O–H groups in total. The molecule has 5 rings (SSSR count). The first kappa shape index (κ1) is 16.9. The number of aromatic nitrogens is 4. The zero-order valence-electron chi connectivity index (χ0n) is 15.7. The van der Waals surface area contributed by atoms with Crippen molar-refractivity contribution in [3.8, 4) is 5.95 Å². The zero-order chi connectivity index (χ0) is 18.2. The molecule has 0 saturated carbocycles. The van der Waals surface area contributed by atoms with Gasteiger partial charge in [0.05, 0.1) is 17.8 Å². The Balaban J connectivity index is 1.35. The number of piperidine rings is 1. The van der Waals surface area contributed by atoms with Gasteiger partial charge in [0.15, 0.2) is 0 Å². The van der Waals surface area contributed by atoms with Gasteiger partial charge in [-0.15, -0.1) is 0 Å². The molecular formula is C20H25N5O2. The number of hydrogen-bond acceptors (Lipinski definition) is 6. The second kappa shape index (κ2) is 7.05. The van der Waals surface area contributed by atoms with Crippen LogP contribution < -0.4 is 0 Å². The smallest absolute Gasteiger partial charge is 0.291 e. The number of fused-ring (bicyclic) bond motifs is 1. The van der Waals surface area contributed by atoms with Gasteiger partial charge in [-0.3, -0.25) is 4.90 Å². The van der Waals surface area contributed by atoms with Gasteiger partial charge in [0, 0.05) is 24.0 Å². The van der Waals surface area contributed by atoms with E-state index in [1.54, 1.807) is 0 Å². The van der Waals surface area contributed by atoms with E-state index in [9.17, 15) is 0 Å². The molecular weight excluding hydrogens is 342 g/mol. The minimum absolute atomic E-state index is 0.331. The summed E-state index contributed by atoms with van der Waals surface area (Å²) >= 11 is 0. The number of hydrogen-bond donors (Lipinski definition) is 0. The third kappa shape index (κ3) is 3.04. The zero-order valence-corrected chi connectivity index (χ0v) is 15.7. The second-order valence-electron chi connectivity index (χ2n) is 7.49. The summed E-state index contributed by atoms with van der Waals surface area (Å²) in [5.41, 5.74) is 2.08. The van der Waals surface area contributed by atoms with E-state index in [0.717, 1.165) is 74.5 Å². The van der Waals surface area contributed by atoms with Crippen molar-refractivity contribution in [2.24, 2.45) is 0 Å². The molecule has 27 heavy (non-hydrogen) atoms. The van der Waals surface area contributed by atoms with Gasteiger partial charge in [0.1, 0.15) is 0 Å². The third-order valence-electron chi connectivity index (χ3n) is 5.92. The molecule has 1 atom stereocenters. The molecule has 2 fully saturated rings. The summed E-state index contributed by atoms with van der Waals surface area (Å²) in [4.78, 5) is 7.25. The van der Waals surface area contributed by atoms with E-state index in [-0.39, 0.29) is 0 Å². The topological polar surface area (TPSA) is 69.2 Å². The number of para-hydroxylation sites is 1. The summed E-state index contributed by atoms with van der Waals surface area (Å²) in [5, 5.41) is 10.1. The minimum Gasteiger partial charge on any atom is -0.380 e. The summed E-state index contributed by atoms with van der Waals surface area (Å²) in [6, 6.07) is 8.80. The van der Waals surface area contributed by atoms with Crippen molar-refractivity contribution in [2.75, 3.05) is 26.3 Å². The monoisotopic (exact) mass is 367 g/mol. The molecule has 7 nitrogen and oxygen atoms in total. The lowest BCUT2D eigenvalue weighted by Crippen LogP contribution is -2.41. The lowest BCUT2D eigenvalue weighted by atomic mass is 9.95. The summed E-state index contributed by atoms with van der Waals surface area (Å²) < 4.78 is 13.0. The van der Waals surface area contributed by atoms with Gasteiger partial charge in [0.25, 0.3) is 5.95 Å². The van der Waals surface area contributed by atoms with Crippen LogP contribution in [0.3, 0.4) is 0 Å². The highest BCUT2D eigenvalue weighted by atomic mass is 16.5. The largest absolute Gasteiger partial charge is 0.380 e. The molecule has 0 radical (unpaired) electrons. The predicted molar refractivity (Wildman–Crippen MR) is 101 cm³/mol. The Morgan fingerprint density at radius 2 is 2.00 bits per heavy atom. The highest BCUT2D eigenvalue weighted by Crippen LogP contribution is 2.30. The molecule has 1 aromatic carbocycles. The van der Waals surface area contributed by atoms with Crippen LogP contribution in [-0.2, 0) is 11.2 Å². The van der Waals surface area contributed by atoms with Gasteiger partial charge < -0.3 is 9.26 Å². The van der Waals surface area contributed by atoms with Gasteiger partial charge in [-0.05, 0) is 50.0 Å². The Hall–Kier alpha value is -2.25. The number of rotatable bonds is 4.